The Kier molecular flexibility index (Phi) is 3.66. The van der Waals surface area contributed by atoms with Gasteiger partial charge in [0.15, 0.2) is 0 Å². The van der Waals surface area contributed by atoms with Gasteiger partial charge in [-0.25, -0.2) is 4.99 Å². The van der Waals surface area contributed by atoms with Crippen molar-refractivity contribution in [1.29, 1.82) is 5.26 Å². The standard InChI is InChI=1S/C7H9N3/c1-6(3-8)5-10-7(2)4-9/h3,5H,2,8H2,1H3/b6-3-,10-5-. The van der Waals surface area contributed by atoms with Crippen molar-refractivity contribution in [2.24, 2.45) is 10.7 Å². The highest BCUT2D eigenvalue weighted by Gasteiger charge is 1.81. The summed E-state index contributed by atoms with van der Waals surface area (Å²) >= 11 is 0. The van der Waals surface area contributed by atoms with Crippen LogP contribution in [0.15, 0.2) is 29.0 Å². The molecule has 52 valence electrons. The first-order valence-electron chi connectivity index (χ1n) is 2.72. The number of hydrogen-bond acceptors (Lipinski definition) is 3. The van der Waals surface area contributed by atoms with Crippen LogP contribution in [0.25, 0.3) is 0 Å². The third-order valence-electron chi connectivity index (χ3n) is 0.816. The van der Waals surface area contributed by atoms with Gasteiger partial charge in [0.05, 0.1) is 0 Å². The molecule has 0 spiro atoms. The summed E-state index contributed by atoms with van der Waals surface area (Å²) in [5, 5.41) is 8.21. The number of nitriles is 1. The predicted octanol–water partition coefficient (Wildman–Crippen LogP) is 0.957. The van der Waals surface area contributed by atoms with Crippen molar-refractivity contribution in [3.05, 3.63) is 24.0 Å². The molecule has 2 N–H and O–H groups in total. The second-order valence-corrected chi connectivity index (χ2v) is 1.73. The van der Waals surface area contributed by atoms with Crippen LogP contribution in [0.1, 0.15) is 6.92 Å². The highest BCUT2D eigenvalue weighted by molar-refractivity contribution is 5.78. The Hall–Kier alpha value is -1.56. The van der Waals surface area contributed by atoms with Crippen molar-refractivity contribution in [2.45, 2.75) is 6.92 Å². The third kappa shape index (κ3) is 3.44. The molecule has 0 aliphatic rings. The first-order valence-corrected chi connectivity index (χ1v) is 2.72. The van der Waals surface area contributed by atoms with E-state index >= 15 is 0 Å². The van der Waals surface area contributed by atoms with E-state index in [4.69, 9.17) is 11.0 Å². The fraction of sp³-hybridized carbons (Fsp3) is 0.143. The number of allylic oxidation sites excluding steroid dienone is 2. The number of aliphatic imine (C=N–C) groups is 1. The quantitative estimate of drug-likeness (QED) is 0.452. The van der Waals surface area contributed by atoms with E-state index in [1.54, 1.807) is 13.0 Å². The van der Waals surface area contributed by atoms with E-state index in [1.165, 1.54) is 12.4 Å². The Labute approximate surface area is 60.2 Å². The van der Waals surface area contributed by atoms with E-state index in [-0.39, 0.29) is 5.70 Å². The number of rotatable bonds is 2. The predicted molar refractivity (Wildman–Crippen MR) is 41.2 cm³/mol. The molecule has 0 rings (SSSR count). The molecule has 0 aromatic carbocycles. The van der Waals surface area contributed by atoms with Crippen molar-refractivity contribution < 1.29 is 0 Å². The Morgan fingerprint density at radius 1 is 1.80 bits per heavy atom. The highest BCUT2D eigenvalue weighted by atomic mass is 14.7. The van der Waals surface area contributed by atoms with Gasteiger partial charge in [-0.2, -0.15) is 5.26 Å². The fourth-order valence-corrected chi connectivity index (χ4v) is 0.252. The fourth-order valence-electron chi connectivity index (χ4n) is 0.252. The van der Waals surface area contributed by atoms with Crippen molar-refractivity contribution in [3.8, 4) is 6.07 Å². The van der Waals surface area contributed by atoms with E-state index in [2.05, 4.69) is 11.6 Å². The van der Waals surface area contributed by atoms with Crippen molar-refractivity contribution >= 4 is 6.21 Å². The van der Waals surface area contributed by atoms with Gasteiger partial charge in [-0.3, -0.25) is 0 Å². The van der Waals surface area contributed by atoms with E-state index in [1.807, 2.05) is 0 Å². The molecule has 0 aromatic rings. The van der Waals surface area contributed by atoms with Crippen molar-refractivity contribution in [1.82, 2.24) is 0 Å². The van der Waals surface area contributed by atoms with Gasteiger partial charge in [0, 0.05) is 6.21 Å². The van der Waals surface area contributed by atoms with Gasteiger partial charge in [-0.05, 0) is 18.7 Å². The van der Waals surface area contributed by atoms with Gasteiger partial charge < -0.3 is 5.73 Å². The van der Waals surface area contributed by atoms with Gasteiger partial charge in [0.2, 0.25) is 0 Å². The van der Waals surface area contributed by atoms with Crippen molar-refractivity contribution in [3.63, 3.8) is 0 Å². The molecule has 0 amide bonds. The number of nitrogens with two attached hydrogens (primary N) is 1. The zero-order chi connectivity index (χ0) is 7.98. The second-order valence-electron chi connectivity index (χ2n) is 1.73. The van der Waals surface area contributed by atoms with Crippen LogP contribution in [-0.2, 0) is 0 Å². The molecular formula is C7H9N3. The molecule has 3 nitrogen and oxygen atoms in total. The molecule has 3 heteroatoms. The lowest BCUT2D eigenvalue weighted by atomic mass is 10.4. The van der Waals surface area contributed by atoms with E-state index in [0.29, 0.717) is 0 Å². The molecule has 0 radical (unpaired) electrons. The summed E-state index contributed by atoms with van der Waals surface area (Å²) in [6.45, 7) is 5.14. The summed E-state index contributed by atoms with van der Waals surface area (Å²) in [5.74, 6) is 0. The van der Waals surface area contributed by atoms with Crippen LogP contribution in [0, 0.1) is 11.3 Å². The Bertz CT molecular complexity index is 217. The summed E-state index contributed by atoms with van der Waals surface area (Å²) in [7, 11) is 0. The maximum atomic E-state index is 8.21. The Morgan fingerprint density at radius 3 is 2.80 bits per heavy atom. The summed E-state index contributed by atoms with van der Waals surface area (Å²) in [6, 6.07) is 1.78. The molecule has 0 aliphatic heterocycles. The zero-order valence-electron chi connectivity index (χ0n) is 5.83. The molecule has 0 heterocycles. The largest absolute Gasteiger partial charge is 0.404 e. The number of hydrogen-bond donors (Lipinski definition) is 1. The zero-order valence-corrected chi connectivity index (χ0v) is 5.83. The molecule has 0 atom stereocenters. The molecule has 0 bridgehead atoms. The summed E-state index contributed by atoms with van der Waals surface area (Å²) in [5.41, 5.74) is 6.12. The monoisotopic (exact) mass is 135 g/mol. The maximum Gasteiger partial charge on any atom is 0.133 e. The van der Waals surface area contributed by atoms with Crippen LogP contribution < -0.4 is 5.73 Å². The normalized spacial score (nSPS) is 11.4. The molecule has 0 saturated carbocycles. The first-order chi connectivity index (χ1) is 4.70. The summed E-state index contributed by atoms with van der Waals surface area (Å²) in [6.07, 6.45) is 2.90. The molecule has 0 fully saturated rings. The lowest BCUT2D eigenvalue weighted by Crippen LogP contribution is -1.85. The van der Waals surface area contributed by atoms with Crippen LogP contribution in [0.5, 0.6) is 0 Å². The lowest BCUT2D eigenvalue weighted by molar-refractivity contribution is 1.39. The summed E-state index contributed by atoms with van der Waals surface area (Å²) in [4.78, 5) is 3.68. The lowest BCUT2D eigenvalue weighted by Gasteiger charge is -1.85. The van der Waals surface area contributed by atoms with E-state index in [0.717, 1.165) is 5.57 Å². The Morgan fingerprint density at radius 2 is 2.40 bits per heavy atom. The number of nitrogens with zero attached hydrogens (tertiary/aromatic N) is 2. The SMILES string of the molecule is C=C(C#N)/N=C\C(C)=C/N. The summed E-state index contributed by atoms with van der Waals surface area (Å²) < 4.78 is 0. The first kappa shape index (κ1) is 8.44. The van der Waals surface area contributed by atoms with Crippen molar-refractivity contribution in [2.75, 3.05) is 0 Å². The van der Waals surface area contributed by atoms with Gasteiger partial charge >= 0.3 is 0 Å². The topological polar surface area (TPSA) is 62.2 Å². The highest BCUT2D eigenvalue weighted by Crippen LogP contribution is 1.89. The van der Waals surface area contributed by atoms with Gasteiger partial charge in [-0.15, -0.1) is 0 Å². The molecule has 0 aliphatic carbocycles. The van der Waals surface area contributed by atoms with Crippen LogP contribution in [0.3, 0.4) is 0 Å². The van der Waals surface area contributed by atoms with Gasteiger partial charge in [0.1, 0.15) is 11.8 Å². The van der Waals surface area contributed by atoms with Crippen LogP contribution >= 0.6 is 0 Å². The molecule has 10 heavy (non-hydrogen) atoms. The second kappa shape index (κ2) is 4.33. The van der Waals surface area contributed by atoms with Crippen LogP contribution in [-0.4, -0.2) is 6.21 Å². The minimum atomic E-state index is 0.182. The maximum absolute atomic E-state index is 8.21. The molecule has 0 unspecified atom stereocenters. The van der Waals surface area contributed by atoms with Crippen LogP contribution in [0.4, 0.5) is 0 Å². The van der Waals surface area contributed by atoms with Crippen LogP contribution in [0.2, 0.25) is 0 Å². The average molecular weight is 135 g/mol. The Balaban J connectivity index is 4.04. The van der Waals surface area contributed by atoms with E-state index in [9.17, 15) is 0 Å². The average Bonchev–Trinajstić information content (AvgIpc) is 1.99. The van der Waals surface area contributed by atoms with E-state index < -0.39 is 0 Å². The third-order valence-corrected chi connectivity index (χ3v) is 0.816. The smallest absolute Gasteiger partial charge is 0.133 e. The van der Waals surface area contributed by atoms with Gasteiger partial charge in [-0.1, -0.05) is 6.58 Å². The molecule has 0 saturated heterocycles. The minimum Gasteiger partial charge on any atom is -0.404 e. The van der Waals surface area contributed by atoms with Gasteiger partial charge in [0.25, 0.3) is 0 Å². The molecule has 0 aromatic heterocycles. The molecular weight excluding hydrogens is 126 g/mol. The minimum absolute atomic E-state index is 0.182.